The molecule has 3 aromatic heterocycles. The summed E-state index contributed by atoms with van der Waals surface area (Å²) in [5.41, 5.74) is 1.79. The van der Waals surface area contributed by atoms with E-state index in [0.29, 0.717) is 49.3 Å². The molecule has 0 unspecified atom stereocenters. The molecule has 1 saturated carbocycles. The summed E-state index contributed by atoms with van der Waals surface area (Å²) in [4.78, 5) is 39.9. The minimum Gasteiger partial charge on any atom is -0.450 e. The van der Waals surface area contributed by atoms with Crippen LogP contribution in [-0.4, -0.2) is 85.7 Å². The van der Waals surface area contributed by atoms with Gasteiger partial charge in [0.15, 0.2) is 11.6 Å². The number of pyridine rings is 1. The third-order valence-electron chi connectivity index (χ3n) is 10.3. The van der Waals surface area contributed by atoms with Crippen LogP contribution in [0.25, 0.3) is 27.6 Å². The quantitative estimate of drug-likeness (QED) is 0.165. The highest BCUT2D eigenvalue weighted by Gasteiger charge is 2.57. The van der Waals surface area contributed by atoms with Crippen LogP contribution in [0.3, 0.4) is 0 Å². The van der Waals surface area contributed by atoms with Gasteiger partial charge in [0.2, 0.25) is 0 Å². The number of ether oxygens (including phenoxy) is 2. The Morgan fingerprint density at radius 1 is 1.16 bits per heavy atom. The number of hydrogen-bond donors (Lipinski definition) is 0. The fourth-order valence-electron chi connectivity index (χ4n) is 7.88. The van der Waals surface area contributed by atoms with Crippen molar-refractivity contribution in [3.63, 3.8) is 0 Å². The largest absolute Gasteiger partial charge is 0.450 e. The van der Waals surface area contributed by atoms with Gasteiger partial charge in [-0.25, -0.2) is 28.6 Å². The molecule has 12 nitrogen and oxygen atoms in total. The van der Waals surface area contributed by atoms with Crippen molar-refractivity contribution in [2.24, 2.45) is 5.92 Å². The average molecular weight is 780 g/mol. The zero-order valence-corrected chi connectivity index (χ0v) is 32.5. The number of carbonyl (C=O) groups excluding carboxylic acids is 2. The van der Waals surface area contributed by atoms with Gasteiger partial charge in [-0.15, -0.1) is 0 Å². The third-order valence-corrected chi connectivity index (χ3v) is 12.8. The number of nitrogens with zero attached hydrogens (tertiary/aromatic N) is 8. The Balaban J connectivity index is 1.44. The number of benzene rings is 1. The molecular formula is C36H44BrFN8O4Si. The average Bonchev–Trinajstić information content (AvgIpc) is 3.88. The Kier molecular flexibility index (Phi) is 9.14. The van der Waals surface area contributed by atoms with Crippen LogP contribution >= 0.6 is 15.9 Å². The molecule has 270 valence electrons. The molecule has 4 fully saturated rings. The summed E-state index contributed by atoms with van der Waals surface area (Å²) in [5, 5.41) is 15.1. The molecule has 6 heterocycles. The van der Waals surface area contributed by atoms with Crippen LogP contribution in [0, 0.1) is 23.1 Å². The lowest BCUT2D eigenvalue weighted by molar-refractivity contribution is 0.0208. The van der Waals surface area contributed by atoms with Gasteiger partial charge in [-0.3, -0.25) is 4.90 Å². The van der Waals surface area contributed by atoms with Crippen molar-refractivity contribution in [1.29, 1.82) is 5.26 Å². The molecule has 4 aliphatic rings. The molecule has 4 aromatic rings. The van der Waals surface area contributed by atoms with Crippen molar-refractivity contribution in [2.75, 3.05) is 19.7 Å². The summed E-state index contributed by atoms with van der Waals surface area (Å²) < 4.78 is 32.2. The third kappa shape index (κ3) is 6.49. The van der Waals surface area contributed by atoms with Crippen LogP contribution in [-0.2, 0) is 15.9 Å². The van der Waals surface area contributed by atoms with Crippen molar-refractivity contribution in [3.05, 3.63) is 46.3 Å². The van der Waals surface area contributed by atoms with Gasteiger partial charge in [0.25, 0.3) is 0 Å². The maximum atomic E-state index is 16.5. The topological polar surface area (TPSA) is 131 Å². The van der Waals surface area contributed by atoms with E-state index >= 15 is 4.39 Å². The Morgan fingerprint density at radius 2 is 1.94 bits per heavy atom. The molecule has 2 amide bonds. The Labute approximate surface area is 306 Å². The number of likely N-dealkylation sites (tertiary alicyclic amines) is 1. The van der Waals surface area contributed by atoms with Crippen LogP contribution in [0.1, 0.15) is 69.8 Å². The Bertz CT molecular complexity index is 2050. The fraction of sp³-hybridized carbons (Fsp3) is 0.556. The maximum absolute atomic E-state index is 16.5. The molecule has 0 N–H and O–H groups in total. The summed E-state index contributed by atoms with van der Waals surface area (Å²) >= 11 is 3.45. The Morgan fingerprint density at radius 3 is 2.63 bits per heavy atom. The van der Waals surface area contributed by atoms with E-state index < -0.39 is 19.5 Å². The molecule has 2 bridgehead atoms. The van der Waals surface area contributed by atoms with Crippen molar-refractivity contribution in [1.82, 2.24) is 34.1 Å². The first kappa shape index (κ1) is 35.4. The van der Waals surface area contributed by atoms with Crippen molar-refractivity contribution in [2.45, 2.75) is 102 Å². The molecule has 15 heteroatoms. The number of carbonyl (C=O) groups is 2. The molecule has 4 atom stereocenters. The minimum absolute atomic E-state index is 0.117. The maximum Gasteiger partial charge on any atom is 0.410 e. The molecule has 3 saturated heterocycles. The first-order valence-corrected chi connectivity index (χ1v) is 22.2. The van der Waals surface area contributed by atoms with Crippen molar-refractivity contribution < 1.29 is 23.5 Å². The standard InChI is InChI=1S/C36H44BrFN8O4Si/c1-36(2,3)50-35(48)44-18-22-16-27(44)31(22)46-26(25-10-8-12-43(25)34(47)49-13-14-51(4,5)6)17-24-32(46)23-15-21(9-7-11-39)28(37)29(38)30(23)42-33(24)45-20-40-19-41-45/h15,17,19-20,22,25,27,31H,7-10,12-14,16,18H2,1-6H3/t22-,25-,27-,31+/m1/s1. The zero-order valence-electron chi connectivity index (χ0n) is 29.9. The van der Waals surface area contributed by atoms with E-state index in [9.17, 15) is 14.9 Å². The SMILES string of the molecule is CC(C)(C)OC(=O)N1C[C@H]2C[C@@H]1[C@H]2n1c([C@H]2CCCN2C(=O)OCC[Si](C)(C)C)cc2c(-n3cncn3)nc3c(F)c(Br)c(CCC#N)cc3c21. The monoisotopic (exact) mass is 778 g/mol. The van der Waals surface area contributed by atoms with Gasteiger partial charge in [0, 0.05) is 50.0 Å². The van der Waals surface area contributed by atoms with E-state index in [-0.39, 0.29) is 52.6 Å². The summed E-state index contributed by atoms with van der Waals surface area (Å²) in [5.74, 6) is -0.00579. The lowest BCUT2D eigenvalue weighted by Crippen LogP contribution is -2.45. The number of fused-ring (bicyclic) bond motifs is 4. The summed E-state index contributed by atoms with van der Waals surface area (Å²) in [6.45, 7) is 13.8. The molecule has 8 rings (SSSR count). The normalized spacial score (nSPS) is 21.7. The van der Waals surface area contributed by atoms with E-state index in [0.717, 1.165) is 35.5 Å². The van der Waals surface area contributed by atoms with Gasteiger partial charge in [-0.05, 0) is 86.1 Å². The van der Waals surface area contributed by atoms with Crippen LogP contribution in [0.4, 0.5) is 14.0 Å². The highest BCUT2D eigenvalue weighted by Crippen LogP contribution is 2.54. The number of hydrogen-bond acceptors (Lipinski definition) is 8. The minimum atomic E-state index is -1.42. The summed E-state index contributed by atoms with van der Waals surface area (Å²) in [7, 11) is -1.42. The van der Waals surface area contributed by atoms with Gasteiger partial charge in [-0.1, -0.05) is 19.6 Å². The number of aryl methyl sites for hydroxylation is 1. The lowest BCUT2D eigenvalue weighted by atomic mass is 9.79. The fourth-order valence-corrected chi connectivity index (χ4v) is 9.10. The number of rotatable bonds is 8. The zero-order chi connectivity index (χ0) is 36.4. The van der Waals surface area contributed by atoms with Crippen molar-refractivity contribution >= 4 is 58.0 Å². The highest BCUT2D eigenvalue weighted by molar-refractivity contribution is 9.10. The molecule has 0 spiro atoms. The summed E-state index contributed by atoms with van der Waals surface area (Å²) in [6.07, 6.45) is 5.15. The number of nitriles is 1. The predicted octanol–water partition coefficient (Wildman–Crippen LogP) is 7.92. The summed E-state index contributed by atoms with van der Waals surface area (Å²) in [6, 6.07) is 6.40. The lowest BCUT2D eigenvalue weighted by Gasteiger charge is -2.40. The first-order chi connectivity index (χ1) is 24.2. The van der Waals surface area contributed by atoms with E-state index in [1.165, 1.54) is 17.3 Å². The second-order valence-electron chi connectivity index (χ2n) is 16.2. The number of halogens is 2. The molecule has 0 radical (unpaired) electrons. The smallest absolute Gasteiger partial charge is 0.410 e. The van der Waals surface area contributed by atoms with Gasteiger partial charge >= 0.3 is 12.2 Å². The molecule has 1 aromatic carbocycles. The van der Waals surface area contributed by atoms with Crippen molar-refractivity contribution in [3.8, 4) is 11.9 Å². The number of amides is 2. The van der Waals surface area contributed by atoms with E-state index in [1.807, 2.05) is 36.6 Å². The Hall–Kier alpha value is -4.03. The predicted molar refractivity (Wildman–Crippen MR) is 196 cm³/mol. The second-order valence-corrected chi connectivity index (χ2v) is 22.6. The van der Waals surface area contributed by atoms with Crippen LogP contribution in [0.15, 0.2) is 29.3 Å². The van der Waals surface area contributed by atoms with E-state index in [2.05, 4.69) is 62.4 Å². The molecule has 3 aliphatic heterocycles. The molecular weight excluding hydrogens is 735 g/mol. The van der Waals surface area contributed by atoms with Gasteiger partial charge in [0.05, 0.1) is 40.8 Å². The first-order valence-electron chi connectivity index (χ1n) is 17.7. The molecule has 1 aliphatic carbocycles. The van der Waals surface area contributed by atoms with E-state index in [1.54, 1.807) is 0 Å². The highest BCUT2D eigenvalue weighted by atomic mass is 79.9. The van der Waals surface area contributed by atoms with Gasteiger partial charge in [0.1, 0.15) is 23.8 Å². The second kappa shape index (κ2) is 13.2. The van der Waals surface area contributed by atoms with Gasteiger partial charge in [-0.2, -0.15) is 10.4 Å². The molecule has 51 heavy (non-hydrogen) atoms. The van der Waals surface area contributed by atoms with Crippen LogP contribution in [0.5, 0.6) is 0 Å². The van der Waals surface area contributed by atoms with E-state index in [4.69, 9.17) is 14.5 Å². The number of aromatic nitrogens is 5. The van der Waals surface area contributed by atoms with Gasteiger partial charge < -0.3 is 18.9 Å². The van der Waals surface area contributed by atoms with Crippen LogP contribution < -0.4 is 0 Å². The van der Waals surface area contributed by atoms with Crippen LogP contribution in [0.2, 0.25) is 25.7 Å².